The van der Waals surface area contributed by atoms with Gasteiger partial charge in [0.15, 0.2) is 0 Å². The van der Waals surface area contributed by atoms with E-state index in [1.165, 1.54) is 4.31 Å². The van der Waals surface area contributed by atoms with E-state index in [9.17, 15) is 13.5 Å². The van der Waals surface area contributed by atoms with Gasteiger partial charge in [0.05, 0.1) is 10.4 Å². The van der Waals surface area contributed by atoms with E-state index in [4.69, 9.17) is 11.6 Å². The van der Waals surface area contributed by atoms with Crippen molar-refractivity contribution in [2.45, 2.75) is 37.0 Å². The first kappa shape index (κ1) is 15.3. The lowest BCUT2D eigenvalue weighted by Gasteiger charge is -2.32. The summed E-state index contributed by atoms with van der Waals surface area (Å²) in [5.74, 6) is 0.0139. The summed E-state index contributed by atoms with van der Waals surface area (Å²) in [6, 6.07) is 1.62. The second kappa shape index (κ2) is 5.69. The number of sulfonamides is 1. The second-order valence-corrected chi connectivity index (χ2v) is 8.85. The molecular formula is C12H18ClNO3S2. The molecule has 0 aliphatic carbocycles. The summed E-state index contributed by atoms with van der Waals surface area (Å²) in [6.45, 7) is 4.41. The van der Waals surface area contributed by atoms with Gasteiger partial charge < -0.3 is 5.11 Å². The lowest BCUT2D eigenvalue weighted by atomic mass is 9.95. The van der Waals surface area contributed by atoms with E-state index in [1.54, 1.807) is 19.9 Å². The van der Waals surface area contributed by atoms with Crippen LogP contribution in [0.1, 0.15) is 25.3 Å². The lowest BCUT2D eigenvalue weighted by Crippen LogP contribution is -2.42. The smallest absolute Gasteiger partial charge is 0.252 e. The topological polar surface area (TPSA) is 57.6 Å². The number of rotatable bonds is 3. The van der Waals surface area contributed by atoms with Crippen LogP contribution in [0.15, 0.2) is 10.3 Å². The summed E-state index contributed by atoms with van der Waals surface area (Å²) < 4.78 is 27.3. The molecule has 0 bridgehead atoms. The van der Waals surface area contributed by atoms with Gasteiger partial charge >= 0.3 is 0 Å². The quantitative estimate of drug-likeness (QED) is 0.929. The number of hydrogen-bond acceptors (Lipinski definition) is 4. The molecule has 2 heterocycles. The Balaban J connectivity index is 2.24. The summed E-state index contributed by atoms with van der Waals surface area (Å²) in [7, 11) is -3.47. The maximum atomic E-state index is 12.5. The van der Waals surface area contributed by atoms with Crippen molar-refractivity contribution >= 4 is 33.0 Å². The van der Waals surface area contributed by atoms with E-state index in [-0.39, 0.29) is 5.92 Å². The number of aryl methyl sites for hydroxylation is 1. The summed E-state index contributed by atoms with van der Waals surface area (Å²) in [4.78, 5) is 0. The van der Waals surface area contributed by atoms with Gasteiger partial charge in [0.25, 0.3) is 10.0 Å². The van der Waals surface area contributed by atoms with Crippen molar-refractivity contribution in [2.75, 3.05) is 13.1 Å². The van der Waals surface area contributed by atoms with E-state index in [0.29, 0.717) is 21.6 Å². The zero-order valence-corrected chi connectivity index (χ0v) is 13.4. The molecule has 1 N–H and O–H groups in total. The Morgan fingerprint density at radius 2 is 2.26 bits per heavy atom. The fourth-order valence-electron chi connectivity index (χ4n) is 2.27. The zero-order valence-electron chi connectivity index (χ0n) is 11.0. The van der Waals surface area contributed by atoms with Gasteiger partial charge in [-0.1, -0.05) is 11.6 Å². The third-order valence-corrected chi connectivity index (χ3v) is 7.40. The van der Waals surface area contributed by atoms with Gasteiger partial charge in [0.1, 0.15) is 4.21 Å². The van der Waals surface area contributed by atoms with E-state index in [2.05, 4.69) is 0 Å². The van der Waals surface area contributed by atoms with Gasteiger partial charge in [-0.2, -0.15) is 4.31 Å². The van der Waals surface area contributed by atoms with Crippen LogP contribution in [0.3, 0.4) is 0 Å². The number of halogens is 1. The van der Waals surface area contributed by atoms with Crippen molar-refractivity contribution in [3.8, 4) is 0 Å². The Labute approximate surface area is 123 Å². The summed E-state index contributed by atoms with van der Waals surface area (Å²) in [5.41, 5.74) is 0.786. The highest BCUT2D eigenvalue weighted by Crippen LogP contribution is 2.33. The van der Waals surface area contributed by atoms with Crippen LogP contribution in [0.5, 0.6) is 0 Å². The molecule has 0 radical (unpaired) electrons. The normalized spacial score (nSPS) is 23.5. The SMILES string of the molecule is Cc1cc(S(=O)(=O)N2CCC[C@H]([C@H](C)O)C2)sc1Cl. The zero-order chi connectivity index (χ0) is 14.2. The van der Waals surface area contributed by atoms with E-state index in [0.717, 1.165) is 29.7 Å². The molecule has 0 aromatic carbocycles. The van der Waals surface area contributed by atoms with Crippen molar-refractivity contribution in [1.82, 2.24) is 4.31 Å². The molecule has 1 fully saturated rings. The van der Waals surface area contributed by atoms with Crippen molar-refractivity contribution in [1.29, 1.82) is 0 Å². The van der Waals surface area contributed by atoms with Gasteiger partial charge in [0.2, 0.25) is 0 Å². The molecule has 0 spiro atoms. The highest BCUT2D eigenvalue weighted by molar-refractivity contribution is 7.91. The van der Waals surface area contributed by atoms with Crippen LogP contribution in [0, 0.1) is 12.8 Å². The Hall–Kier alpha value is -0.140. The minimum Gasteiger partial charge on any atom is -0.393 e. The van der Waals surface area contributed by atoms with E-state index in [1.807, 2.05) is 0 Å². The molecule has 0 amide bonds. The summed E-state index contributed by atoms with van der Waals surface area (Å²) >= 11 is 7.05. The molecule has 1 aliphatic heterocycles. The maximum Gasteiger partial charge on any atom is 0.252 e. The number of thiophene rings is 1. The highest BCUT2D eigenvalue weighted by Gasteiger charge is 2.33. The Morgan fingerprint density at radius 1 is 1.58 bits per heavy atom. The van der Waals surface area contributed by atoms with Crippen LogP contribution in [0.4, 0.5) is 0 Å². The van der Waals surface area contributed by atoms with Crippen molar-refractivity contribution in [3.05, 3.63) is 16.0 Å². The molecule has 1 aromatic rings. The van der Waals surface area contributed by atoms with Crippen LogP contribution < -0.4 is 0 Å². The lowest BCUT2D eigenvalue weighted by molar-refractivity contribution is 0.0886. The minimum atomic E-state index is -3.47. The first-order chi connectivity index (χ1) is 8.82. The van der Waals surface area contributed by atoms with Crippen LogP contribution >= 0.6 is 22.9 Å². The average Bonchev–Trinajstić information content (AvgIpc) is 2.70. The monoisotopic (exact) mass is 323 g/mol. The molecule has 0 saturated carbocycles. The first-order valence-electron chi connectivity index (χ1n) is 6.26. The number of hydrogen-bond donors (Lipinski definition) is 1. The molecule has 7 heteroatoms. The Bertz CT molecular complexity index is 534. The van der Waals surface area contributed by atoms with Crippen molar-refractivity contribution in [3.63, 3.8) is 0 Å². The molecular weight excluding hydrogens is 306 g/mol. The van der Waals surface area contributed by atoms with E-state index < -0.39 is 16.1 Å². The van der Waals surface area contributed by atoms with Crippen LogP contribution in [0.25, 0.3) is 0 Å². The van der Waals surface area contributed by atoms with Gasteiger partial charge in [0, 0.05) is 13.1 Å². The number of aliphatic hydroxyl groups is 1. The molecule has 0 unspecified atom stereocenters. The third-order valence-electron chi connectivity index (χ3n) is 3.53. The number of nitrogens with zero attached hydrogens (tertiary/aromatic N) is 1. The molecule has 19 heavy (non-hydrogen) atoms. The first-order valence-corrected chi connectivity index (χ1v) is 8.90. The van der Waals surface area contributed by atoms with Crippen LogP contribution in [-0.4, -0.2) is 37.0 Å². The molecule has 1 aromatic heterocycles. The van der Waals surface area contributed by atoms with Gasteiger partial charge in [-0.3, -0.25) is 0 Å². The van der Waals surface area contributed by atoms with Crippen molar-refractivity contribution in [2.24, 2.45) is 5.92 Å². The molecule has 1 aliphatic rings. The van der Waals surface area contributed by atoms with Gasteiger partial charge in [-0.05, 0) is 44.2 Å². The van der Waals surface area contributed by atoms with Crippen LogP contribution in [0.2, 0.25) is 4.34 Å². The second-order valence-electron chi connectivity index (χ2n) is 5.03. The van der Waals surface area contributed by atoms with Crippen molar-refractivity contribution < 1.29 is 13.5 Å². The predicted octanol–water partition coefficient (Wildman–Crippen LogP) is 2.49. The minimum absolute atomic E-state index is 0.0139. The standard InChI is InChI=1S/C12H18ClNO3S2/c1-8-6-11(18-12(8)13)19(16,17)14-5-3-4-10(7-14)9(2)15/h6,9-10,15H,3-5,7H2,1-2H3/t9-,10-/m0/s1. The predicted molar refractivity (Wildman–Crippen MR) is 77.2 cm³/mol. The summed E-state index contributed by atoms with van der Waals surface area (Å²) in [5, 5.41) is 9.64. The van der Waals surface area contributed by atoms with Gasteiger partial charge in [-0.25, -0.2) is 8.42 Å². The summed E-state index contributed by atoms with van der Waals surface area (Å²) in [6.07, 6.45) is 1.17. The fraction of sp³-hybridized carbons (Fsp3) is 0.667. The van der Waals surface area contributed by atoms with Crippen LogP contribution in [-0.2, 0) is 10.0 Å². The largest absolute Gasteiger partial charge is 0.393 e. The molecule has 2 atom stereocenters. The van der Waals surface area contributed by atoms with E-state index >= 15 is 0 Å². The number of piperidine rings is 1. The van der Waals surface area contributed by atoms with Gasteiger partial charge in [-0.15, -0.1) is 11.3 Å². The maximum absolute atomic E-state index is 12.5. The molecule has 108 valence electrons. The fourth-order valence-corrected chi connectivity index (χ4v) is 5.67. The molecule has 1 saturated heterocycles. The third kappa shape index (κ3) is 3.13. The average molecular weight is 324 g/mol. The molecule has 4 nitrogen and oxygen atoms in total. The highest BCUT2D eigenvalue weighted by atomic mass is 35.5. The Morgan fingerprint density at radius 3 is 2.79 bits per heavy atom. The molecule has 2 rings (SSSR count). The Kier molecular flexibility index (Phi) is 4.57. The number of aliphatic hydroxyl groups excluding tert-OH is 1.